The zero-order chi connectivity index (χ0) is 8.97. The Bertz CT molecular complexity index is 153. The molecule has 1 amide bonds. The average Bonchev–Trinajstić information content (AvgIpc) is 2.05. The SMILES string of the molecule is CN[C@H]1CC[C@H](NC(=O)O)CC1. The van der Waals surface area contributed by atoms with E-state index in [-0.39, 0.29) is 6.04 Å². The quantitative estimate of drug-likeness (QED) is 0.577. The fraction of sp³-hybridized carbons (Fsp3) is 0.875. The maximum Gasteiger partial charge on any atom is 0.404 e. The summed E-state index contributed by atoms with van der Waals surface area (Å²) in [5.41, 5.74) is 0. The molecule has 1 saturated carbocycles. The highest BCUT2D eigenvalue weighted by molar-refractivity contribution is 5.64. The van der Waals surface area contributed by atoms with E-state index in [1.165, 1.54) is 0 Å². The van der Waals surface area contributed by atoms with Crippen molar-refractivity contribution in [1.82, 2.24) is 10.6 Å². The normalized spacial score (nSPS) is 29.8. The second kappa shape index (κ2) is 4.30. The molecule has 70 valence electrons. The van der Waals surface area contributed by atoms with E-state index in [1.54, 1.807) is 0 Å². The van der Waals surface area contributed by atoms with Crippen LogP contribution in [-0.2, 0) is 0 Å². The maximum atomic E-state index is 10.3. The minimum absolute atomic E-state index is 0.173. The van der Waals surface area contributed by atoms with Gasteiger partial charge in [0.25, 0.3) is 0 Å². The molecule has 0 atom stereocenters. The number of hydrogen-bond acceptors (Lipinski definition) is 2. The molecule has 0 spiro atoms. The molecular formula is C8H16N2O2. The van der Waals surface area contributed by atoms with Crippen molar-refractivity contribution in [3.05, 3.63) is 0 Å². The van der Waals surface area contributed by atoms with Crippen LogP contribution in [0.15, 0.2) is 0 Å². The van der Waals surface area contributed by atoms with Gasteiger partial charge in [-0.3, -0.25) is 0 Å². The van der Waals surface area contributed by atoms with Gasteiger partial charge in [0.2, 0.25) is 0 Å². The first-order valence-corrected chi connectivity index (χ1v) is 4.39. The van der Waals surface area contributed by atoms with Gasteiger partial charge >= 0.3 is 6.09 Å². The highest BCUT2D eigenvalue weighted by Crippen LogP contribution is 2.17. The highest BCUT2D eigenvalue weighted by atomic mass is 16.4. The summed E-state index contributed by atoms with van der Waals surface area (Å²) in [6, 6.07) is 0.754. The molecule has 0 radical (unpaired) electrons. The van der Waals surface area contributed by atoms with Crippen LogP contribution in [-0.4, -0.2) is 30.3 Å². The van der Waals surface area contributed by atoms with Gasteiger partial charge in [0.1, 0.15) is 0 Å². The maximum absolute atomic E-state index is 10.3. The summed E-state index contributed by atoms with van der Waals surface area (Å²) in [6.07, 6.45) is 3.15. The molecule has 0 bridgehead atoms. The lowest BCUT2D eigenvalue weighted by atomic mass is 9.91. The van der Waals surface area contributed by atoms with Crippen molar-refractivity contribution in [2.45, 2.75) is 37.8 Å². The van der Waals surface area contributed by atoms with Crippen LogP contribution in [0.25, 0.3) is 0 Å². The topological polar surface area (TPSA) is 61.4 Å². The Labute approximate surface area is 72.3 Å². The van der Waals surface area contributed by atoms with Crippen molar-refractivity contribution in [1.29, 1.82) is 0 Å². The summed E-state index contributed by atoms with van der Waals surface area (Å²) >= 11 is 0. The molecule has 0 unspecified atom stereocenters. The van der Waals surface area contributed by atoms with Crippen LogP contribution >= 0.6 is 0 Å². The second-order valence-electron chi connectivity index (χ2n) is 3.29. The van der Waals surface area contributed by atoms with Gasteiger partial charge in [0.05, 0.1) is 0 Å². The molecule has 12 heavy (non-hydrogen) atoms. The van der Waals surface area contributed by atoms with Crippen LogP contribution in [0.1, 0.15) is 25.7 Å². The predicted octanol–water partition coefficient (Wildman–Crippen LogP) is 0.785. The molecule has 0 saturated heterocycles. The van der Waals surface area contributed by atoms with Crippen LogP contribution in [0, 0.1) is 0 Å². The van der Waals surface area contributed by atoms with Gasteiger partial charge in [-0.05, 0) is 32.7 Å². The van der Waals surface area contributed by atoms with Crippen LogP contribution < -0.4 is 10.6 Å². The average molecular weight is 172 g/mol. The van der Waals surface area contributed by atoms with Crippen molar-refractivity contribution in [2.75, 3.05) is 7.05 Å². The number of carboxylic acid groups (broad SMARTS) is 1. The highest BCUT2D eigenvalue weighted by Gasteiger charge is 2.20. The fourth-order valence-corrected chi connectivity index (χ4v) is 1.70. The second-order valence-corrected chi connectivity index (χ2v) is 3.29. The molecule has 1 aliphatic rings. The smallest absolute Gasteiger partial charge is 0.404 e. The van der Waals surface area contributed by atoms with Crippen LogP contribution in [0.5, 0.6) is 0 Å². The summed E-state index contributed by atoms with van der Waals surface area (Å²) < 4.78 is 0. The fourth-order valence-electron chi connectivity index (χ4n) is 1.70. The Morgan fingerprint density at radius 1 is 1.25 bits per heavy atom. The summed E-state index contributed by atoms with van der Waals surface area (Å²) in [5, 5.41) is 14.2. The van der Waals surface area contributed by atoms with E-state index >= 15 is 0 Å². The van der Waals surface area contributed by atoms with Gasteiger partial charge in [-0.2, -0.15) is 0 Å². The molecule has 0 aliphatic heterocycles. The molecule has 4 heteroatoms. The van der Waals surface area contributed by atoms with Crippen molar-refractivity contribution in [3.8, 4) is 0 Å². The summed E-state index contributed by atoms with van der Waals surface area (Å²) in [5.74, 6) is 0. The molecular weight excluding hydrogens is 156 g/mol. The molecule has 1 fully saturated rings. The van der Waals surface area contributed by atoms with Gasteiger partial charge in [-0.25, -0.2) is 4.79 Å². The predicted molar refractivity (Wildman–Crippen MR) is 46.3 cm³/mol. The standard InChI is InChI=1S/C8H16N2O2/c1-9-6-2-4-7(5-3-6)10-8(11)12/h6-7,9-10H,2-5H2,1H3,(H,11,12)/t6-,7-. The summed E-state index contributed by atoms with van der Waals surface area (Å²) in [7, 11) is 1.95. The molecule has 0 aromatic carbocycles. The first-order chi connectivity index (χ1) is 5.72. The lowest BCUT2D eigenvalue weighted by Crippen LogP contribution is -2.40. The van der Waals surface area contributed by atoms with Crippen molar-refractivity contribution in [3.63, 3.8) is 0 Å². The molecule has 1 aliphatic carbocycles. The minimum atomic E-state index is -0.900. The third-order valence-electron chi connectivity index (χ3n) is 2.46. The van der Waals surface area contributed by atoms with Gasteiger partial charge in [-0.15, -0.1) is 0 Å². The molecule has 0 aromatic rings. The van der Waals surface area contributed by atoms with E-state index in [4.69, 9.17) is 5.11 Å². The number of carbonyl (C=O) groups is 1. The molecule has 0 heterocycles. The Morgan fingerprint density at radius 3 is 2.17 bits per heavy atom. The van der Waals surface area contributed by atoms with E-state index in [0.29, 0.717) is 6.04 Å². The third-order valence-corrected chi connectivity index (χ3v) is 2.46. The Kier molecular flexibility index (Phi) is 3.34. The van der Waals surface area contributed by atoms with E-state index in [1.807, 2.05) is 7.05 Å². The Hall–Kier alpha value is -0.770. The zero-order valence-electron chi connectivity index (χ0n) is 7.34. The lowest BCUT2D eigenvalue weighted by Gasteiger charge is -2.27. The van der Waals surface area contributed by atoms with Crippen molar-refractivity contribution < 1.29 is 9.90 Å². The number of nitrogens with one attached hydrogen (secondary N) is 2. The van der Waals surface area contributed by atoms with Crippen LogP contribution in [0.3, 0.4) is 0 Å². The van der Waals surface area contributed by atoms with E-state index < -0.39 is 6.09 Å². The number of amides is 1. The minimum Gasteiger partial charge on any atom is -0.465 e. The molecule has 4 nitrogen and oxygen atoms in total. The number of hydrogen-bond donors (Lipinski definition) is 3. The molecule has 1 rings (SSSR count). The summed E-state index contributed by atoms with van der Waals surface area (Å²) in [4.78, 5) is 10.3. The lowest BCUT2D eigenvalue weighted by molar-refractivity contribution is 0.184. The monoisotopic (exact) mass is 172 g/mol. The van der Waals surface area contributed by atoms with Crippen molar-refractivity contribution >= 4 is 6.09 Å². The Balaban J connectivity index is 2.21. The van der Waals surface area contributed by atoms with E-state index in [0.717, 1.165) is 25.7 Å². The van der Waals surface area contributed by atoms with Gasteiger partial charge in [0, 0.05) is 12.1 Å². The largest absolute Gasteiger partial charge is 0.465 e. The summed E-state index contributed by atoms with van der Waals surface area (Å²) in [6.45, 7) is 0. The Morgan fingerprint density at radius 2 is 1.75 bits per heavy atom. The van der Waals surface area contributed by atoms with Gasteiger partial charge < -0.3 is 15.7 Å². The first-order valence-electron chi connectivity index (χ1n) is 4.39. The number of rotatable bonds is 2. The van der Waals surface area contributed by atoms with Gasteiger partial charge in [-0.1, -0.05) is 0 Å². The van der Waals surface area contributed by atoms with Crippen LogP contribution in [0.4, 0.5) is 4.79 Å². The van der Waals surface area contributed by atoms with E-state index in [2.05, 4.69) is 10.6 Å². The first kappa shape index (κ1) is 9.32. The molecule has 0 aromatic heterocycles. The zero-order valence-corrected chi connectivity index (χ0v) is 7.34. The van der Waals surface area contributed by atoms with Crippen LogP contribution in [0.2, 0.25) is 0 Å². The van der Waals surface area contributed by atoms with Gasteiger partial charge in [0.15, 0.2) is 0 Å². The third kappa shape index (κ3) is 2.70. The van der Waals surface area contributed by atoms with Crippen molar-refractivity contribution in [2.24, 2.45) is 0 Å². The molecule has 3 N–H and O–H groups in total. The van der Waals surface area contributed by atoms with E-state index in [9.17, 15) is 4.79 Å².